The first-order valence-electron chi connectivity index (χ1n) is 11.9. The first-order chi connectivity index (χ1) is 20.1. The molecule has 0 fully saturated rings. The van der Waals surface area contributed by atoms with Gasteiger partial charge in [-0.2, -0.15) is 9.32 Å². The molecule has 5 aromatic rings. The van der Waals surface area contributed by atoms with Gasteiger partial charge >= 0.3 is 23.3 Å². The van der Waals surface area contributed by atoms with Gasteiger partial charge in [-0.1, -0.05) is 30.3 Å². The SMILES string of the molecule is Nc1ccc2cc(OS(=O)O)c(N=Nc3ccc(N=Nc4cc(C(=O)O)cc(C(=O)O)c4)c4ccccc34)c(O)c2c1. The van der Waals surface area contributed by atoms with Crippen LogP contribution in [-0.4, -0.2) is 36.0 Å². The molecular formula is C28H19N5O8S. The smallest absolute Gasteiger partial charge is 0.357 e. The van der Waals surface area contributed by atoms with Gasteiger partial charge in [0.05, 0.1) is 28.2 Å². The van der Waals surface area contributed by atoms with Crippen LogP contribution in [0.5, 0.6) is 11.5 Å². The number of nitrogens with zero attached hydrogens (tertiary/aromatic N) is 4. The molecular weight excluding hydrogens is 566 g/mol. The lowest BCUT2D eigenvalue weighted by Gasteiger charge is -2.10. The van der Waals surface area contributed by atoms with E-state index in [1.165, 1.54) is 24.3 Å². The summed E-state index contributed by atoms with van der Waals surface area (Å²) >= 11 is -2.71. The Morgan fingerprint density at radius 1 is 0.738 bits per heavy atom. The minimum absolute atomic E-state index is 0.0290. The first-order valence-corrected chi connectivity index (χ1v) is 12.9. The van der Waals surface area contributed by atoms with Gasteiger partial charge in [-0.3, -0.25) is 4.55 Å². The van der Waals surface area contributed by atoms with Crippen molar-refractivity contribution in [1.82, 2.24) is 0 Å². The number of carboxylic acids is 2. The van der Waals surface area contributed by atoms with Crippen molar-refractivity contribution in [3.8, 4) is 11.5 Å². The third kappa shape index (κ3) is 5.74. The molecule has 210 valence electrons. The molecule has 1 unspecified atom stereocenters. The van der Waals surface area contributed by atoms with Crippen molar-refractivity contribution in [2.75, 3.05) is 5.73 Å². The van der Waals surface area contributed by atoms with E-state index in [1.54, 1.807) is 48.5 Å². The van der Waals surface area contributed by atoms with E-state index in [4.69, 9.17) is 9.92 Å². The van der Waals surface area contributed by atoms with Gasteiger partial charge in [0.2, 0.25) is 0 Å². The number of hydrogen-bond donors (Lipinski definition) is 5. The van der Waals surface area contributed by atoms with Gasteiger partial charge in [-0.05, 0) is 53.9 Å². The van der Waals surface area contributed by atoms with Crippen LogP contribution in [0.25, 0.3) is 21.5 Å². The van der Waals surface area contributed by atoms with Gasteiger partial charge in [-0.15, -0.1) is 15.3 Å². The van der Waals surface area contributed by atoms with Crippen LogP contribution in [-0.2, 0) is 11.4 Å². The molecule has 0 bridgehead atoms. The highest BCUT2D eigenvalue weighted by atomic mass is 32.2. The maximum atomic E-state index is 11.4. The largest absolute Gasteiger partial charge is 0.505 e. The molecule has 1 atom stereocenters. The number of rotatable bonds is 8. The van der Waals surface area contributed by atoms with E-state index in [0.29, 0.717) is 38.6 Å². The predicted octanol–water partition coefficient (Wildman–Crippen LogP) is 7.02. The number of phenolic OH excluding ortho intramolecular Hbond substituents is 1. The minimum Gasteiger partial charge on any atom is -0.505 e. The molecule has 5 aromatic carbocycles. The van der Waals surface area contributed by atoms with Crippen molar-refractivity contribution in [2.45, 2.75) is 0 Å². The fourth-order valence-electron chi connectivity index (χ4n) is 4.17. The second-order valence-corrected chi connectivity index (χ2v) is 9.38. The van der Waals surface area contributed by atoms with Crippen LogP contribution in [0.15, 0.2) is 99.3 Å². The predicted molar refractivity (Wildman–Crippen MR) is 154 cm³/mol. The Morgan fingerprint density at radius 2 is 1.33 bits per heavy atom. The van der Waals surface area contributed by atoms with Crippen LogP contribution in [0.3, 0.4) is 0 Å². The van der Waals surface area contributed by atoms with Crippen LogP contribution in [0.2, 0.25) is 0 Å². The zero-order valence-electron chi connectivity index (χ0n) is 21.2. The highest BCUT2D eigenvalue weighted by Crippen LogP contribution is 2.45. The van der Waals surface area contributed by atoms with Gasteiger partial charge in [0.15, 0.2) is 17.2 Å². The number of nitrogen functional groups attached to an aromatic ring is 1. The molecule has 42 heavy (non-hydrogen) atoms. The number of fused-ring (bicyclic) bond motifs is 2. The van der Waals surface area contributed by atoms with Crippen LogP contribution in [0, 0.1) is 0 Å². The summed E-state index contributed by atoms with van der Waals surface area (Å²) in [5.41, 5.74) is 6.27. The number of azo groups is 2. The zero-order valence-corrected chi connectivity index (χ0v) is 22.0. The molecule has 13 nitrogen and oxygen atoms in total. The summed E-state index contributed by atoms with van der Waals surface area (Å²) in [7, 11) is 0. The van der Waals surface area contributed by atoms with Gasteiger partial charge in [-0.25, -0.2) is 9.59 Å². The van der Waals surface area contributed by atoms with Crippen molar-refractivity contribution in [1.29, 1.82) is 0 Å². The maximum absolute atomic E-state index is 11.4. The van der Waals surface area contributed by atoms with Crippen molar-refractivity contribution in [3.05, 3.63) is 90.0 Å². The van der Waals surface area contributed by atoms with Crippen molar-refractivity contribution in [2.24, 2.45) is 20.5 Å². The molecule has 6 N–H and O–H groups in total. The number of anilines is 1. The Bertz CT molecular complexity index is 1960. The molecule has 14 heteroatoms. The van der Waals surface area contributed by atoms with Crippen LogP contribution < -0.4 is 9.92 Å². The average molecular weight is 586 g/mol. The minimum atomic E-state index is -2.71. The lowest BCUT2D eigenvalue weighted by atomic mass is 10.1. The average Bonchev–Trinajstić information content (AvgIpc) is 2.96. The van der Waals surface area contributed by atoms with E-state index in [9.17, 15) is 33.7 Å². The summed E-state index contributed by atoms with van der Waals surface area (Å²) in [6.45, 7) is 0. The lowest BCUT2D eigenvalue weighted by Crippen LogP contribution is -2.01. The third-order valence-corrected chi connectivity index (χ3v) is 6.38. The fraction of sp³-hybridized carbons (Fsp3) is 0. The number of carboxylic acid groups (broad SMARTS) is 2. The Balaban J connectivity index is 1.57. The molecule has 0 radical (unpaired) electrons. The molecule has 0 spiro atoms. The summed E-state index contributed by atoms with van der Waals surface area (Å²) in [5, 5.41) is 48.1. The number of benzene rings is 5. The normalized spacial score (nSPS) is 12.3. The fourth-order valence-corrected chi connectivity index (χ4v) is 4.45. The number of hydrogen-bond acceptors (Lipinski definition) is 10. The zero-order chi connectivity index (χ0) is 30.0. The number of carbonyl (C=O) groups is 2. The molecule has 0 saturated carbocycles. The van der Waals surface area contributed by atoms with Crippen molar-refractivity contribution >= 4 is 73.3 Å². The molecule has 5 rings (SSSR count). The van der Waals surface area contributed by atoms with E-state index in [0.717, 1.165) is 6.07 Å². The summed E-state index contributed by atoms with van der Waals surface area (Å²) in [5.74, 6) is -3.17. The number of phenols is 1. The lowest BCUT2D eigenvalue weighted by molar-refractivity contribution is 0.0696. The van der Waals surface area contributed by atoms with E-state index in [-0.39, 0.29) is 34.0 Å². The second kappa shape index (κ2) is 11.4. The van der Waals surface area contributed by atoms with Crippen LogP contribution >= 0.6 is 0 Å². The Kier molecular flexibility index (Phi) is 7.55. The first kappa shape index (κ1) is 27.8. The van der Waals surface area contributed by atoms with E-state index >= 15 is 0 Å². The van der Waals surface area contributed by atoms with Gasteiger partial charge in [0.1, 0.15) is 0 Å². The van der Waals surface area contributed by atoms with Crippen LogP contribution in [0.1, 0.15) is 20.7 Å². The van der Waals surface area contributed by atoms with E-state index in [1.807, 2.05) is 0 Å². The number of aromatic hydroxyl groups is 1. The summed E-state index contributed by atoms with van der Waals surface area (Å²) in [4.78, 5) is 22.8. The van der Waals surface area contributed by atoms with E-state index in [2.05, 4.69) is 20.5 Å². The topological polar surface area (TPSA) is 217 Å². The molecule has 0 saturated heterocycles. The summed E-state index contributed by atoms with van der Waals surface area (Å²) in [6.07, 6.45) is 0. The maximum Gasteiger partial charge on any atom is 0.357 e. The van der Waals surface area contributed by atoms with Gasteiger partial charge < -0.3 is 25.2 Å². The summed E-state index contributed by atoms with van der Waals surface area (Å²) < 4.78 is 25.7. The van der Waals surface area contributed by atoms with Crippen molar-refractivity contribution in [3.63, 3.8) is 0 Å². The monoisotopic (exact) mass is 585 g/mol. The Hall–Kier alpha value is -5.73. The van der Waals surface area contributed by atoms with Gasteiger partial charge in [0, 0.05) is 21.8 Å². The summed E-state index contributed by atoms with van der Waals surface area (Å²) in [6, 6.07) is 19.7. The highest BCUT2D eigenvalue weighted by molar-refractivity contribution is 7.74. The number of aromatic carboxylic acids is 2. The molecule has 0 aliphatic heterocycles. The molecule has 0 heterocycles. The van der Waals surface area contributed by atoms with E-state index < -0.39 is 23.3 Å². The molecule has 0 aliphatic carbocycles. The van der Waals surface area contributed by atoms with Crippen molar-refractivity contribution < 1.29 is 37.9 Å². The standard InChI is InChI=1S/C28H19N5O8S/c29-17-6-5-14-12-24(41-42(39)40)25(26(34)21(14)13-17)33-32-23-8-7-22(19-3-1-2-4-20(19)23)31-30-18-10-15(27(35)36)9-16(11-18)28(37)38/h1-13,34H,29H2,(H,35,36)(H,37,38)(H,39,40). The Labute approximate surface area is 238 Å². The Morgan fingerprint density at radius 3 is 1.90 bits per heavy atom. The number of nitrogens with two attached hydrogens (primary N) is 1. The quantitative estimate of drug-likeness (QED) is 0.0716. The molecule has 0 aromatic heterocycles. The molecule has 0 aliphatic rings. The van der Waals surface area contributed by atoms with Gasteiger partial charge in [0.25, 0.3) is 0 Å². The second-order valence-electron chi connectivity index (χ2n) is 8.78. The highest BCUT2D eigenvalue weighted by Gasteiger charge is 2.17. The third-order valence-electron chi connectivity index (χ3n) is 6.06. The molecule has 0 amide bonds. The van der Waals surface area contributed by atoms with Crippen LogP contribution in [0.4, 0.5) is 28.4 Å².